The first kappa shape index (κ1) is 21.4. The standard InChI is InChI=1S/C21H31N3O2S2/c1-5-14(4)22-17(25)12-27-21-23-19-18(15-8-6-7-9-16(15)28-19)20(26)24(21)11-10-13(2)3/h13-14H,5-12H2,1-4H3,(H,22,25)/t14-/m1/s1. The zero-order valence-corrected chi connectivity index (χ0v) is 19.0. The van der Waals surface area contributed by atoms with Gasteiger partial charge in [-0.25, -0.2) is 4.98 Å². The molecule has 154 valence electrons. The smallest absolute Gasteiger partial charge is 0.263 e. The first-order valence-corrected chi connectivity index (χ1v) is 12.2. The Kier molecular flexibility index (Phi) is 7.20. The van der Waals surface area contributed by atoms with Crippen molar-refractivity contribution in [1.82, 2.24) is 14.9 Å². The van der Waals surface area contributed by atoms with Crippen LogP contribution in [0.25, 0.3) is 10.2 Å². The molecule has 2 aromatic heterocycles. The average molecular weight is 422 g/mol. The van der Waals surface area contributed by atoms with Gasteiger partial charge in [0.15, 0.2) is 5.16 Å². The Bertz CT molecular complexity index is 901. The van der Waals surface area contributed by atoms with Gasteiger partial charge in [0.2, 0.25) is 5.91 Å². The topological polar surface area (TPSA) is 64.0 Å². The fourth-order valence-corrected chi connectivity index (χ4v) is 5.60. The molecule has 1 aliphatic rings. The fourth-order valence-electron chi connectivity index (χ4n) is 3.46. The second-order valence-electron chi connectivity index (χ2n) is 8.09. The summed E-state index contributed by atoms with van der Waals surface area (Å²) in [6, 6.07) is 0.163. The van der Waals surface area contributed by atoms with Crippen molar-refractivity contribution in [1.29, 1.82) is 0 Å². The maximum Gasteiger partial charge on any atom is 0.263 e. The van der Waals surface area contributed by atoms with E-state index in [4.69, 9.17) is 4.98 Å². The minimum atomic E-state index is -0.00502. The maximum absolute atomic E-state index is 13.4. The molecule has 0 aliphatic heterocycles. The Labute approximate surface area is 175 Å². The number of fused-ring (bicyclic) bond motifs is 3. The molecule has 2 aromatic rings. The molecule has 1 amide bonds. The van der Waals surface area contributed by atoms with E-state index in [1.165, 1.54) is 28.6 Å². The molecular formula is C21H31N3O2S2. The molecule has 0 saturated heterocycles. The van der Waals surface area contributed by atoms with Gasteiger partial charge in [0.1, 0.15) is 4.83 Å². The van der Waals surface area contributed by atoms with Crippen LogP contribution in [-0.4, -0.2) is 27.3 Å². The Morgan fingerprint density at radius 1 is 1.29 bits per heavy atom. The third-order valence-electron chi connectivity index (χ3n) is 5.32. The SMILES string of the molecule is CC[C@@H](C)NC(=O)CSc1nc2sc3c(c2c(=O)n1CCC(C)C)CCCC3. The third kappa shape index (κ3) is 4.79. The van der Waals surface area contributed by atoms with Crippen molar-refractivity contribution in [2.24, 2.45) is 5.92 Å². The average Bonchev–Trinajstić information content (AvgIpc) is 3.03. The largest absolute Gasteiger partial charge is 0.353 e. The Hall–Kier alpha value is -1.34. The lowest BCUT2D eigenvalue weighted by Crippen LogP contribution is -2.33. The quantitative estimate of drug-likeness (QED) is 0.507. The van der Waals surface area contributed by atoms with E-state index in [0.717, 1.165) is 42.3 Å². The van der Waals surface area contributed by atoms with Gasteiger partial charge in [-0.05, 0) is 56.9 Å². The number of rotatable bonds is 8. The van der Waals surface area contributed by atoms with E-state index in [1.54, 1.807) is 11.3 Å². The summed E-state index contributed by atoms with van der Waals surface area (Å²) in [5.74, 6) is 0.787. The predicted molar refractivity (Wildman–Crippen MR) is 119 cm³/mol. The van der Waals surface area contributed by atoms with Gasteiger partial charge in [-0.1, -0.05) is 32.5 Å². The fraction of sp³-hybridized carbons (Fsp3) is 0.667. The minimum Gasteiger partial charge on any atom is -0.353 e. The predicted octanol–water partition coefficient (Wildman–Crippen LogP) is 4.39. The molecule has 28 heavy (non-hydrogen) atoms. The van der Waals surface area contributed by atoms with Crippen LogP contribution in [0.1, 0.15) is 63.8 Å². The number of hydrogen-bond donors (Lipinski definition) is 1. The summed E-state index contributed by atoms with van der Waals surface area (Å²) >= 11 is 3.05. The van der Waals surface area contributed by atoms with E-state index in [9.17, 15) is 9.59 Å². The van der Waals surface area contributed by atoms with Crippen molar-refractivity contribution < 1.29 is 4.79 Å². The van der Waals surface area contributed by atoms with Gasteiger partial charge >= 0.3 is 0 Å². The summed E-state index contributed by atoms with van der Waals surface area (Å²) in [4.78, 5) is 32.6. The van der Waals surface area contributed by atoms with Crippen LogP contribution >= 0.6 is 23.1 Å². The van der Waals surface area contributed by atoms with E-state index in [2.05, 4.69) is 26.1 Å². The summed E-state index contributed by atoms with van der Waals surface area (Å²) in [7, 11) is 0. The lowest BCUT2D eigenvalue weighted by molar-refractivity contribution is -0.119. The molecule has 0 radical (unpaired) electrons. The highest BCUT2D eigenvalue weighted by atomic mass is 32.2. The monoisotopic (exact) mass is 421 g/mol. The summed E-state index contributed by atoms with van der Waals surface area (Å²) < 4.78 is 1.81. The Balaban J connectivity index is 1.94. The molecule has 0 aromatic carbocycles. The molecule has 5 nitrogen and oxygen atoms in total. The third-order valence-corrected chi connectivity index (χ3v) is 7.48. The van der Waals surface area contributed by atoms with E-state index in [-0.39, 0.29) is 23.3 Å². The lowest BCUT2D eigenvalue weighted by atomic mass is 9.97. The highest BCUT2D eigenvalue weighted by molar-refractivity contribution is 7.99. The Morgan fingerprint density at radius 3 is 2.75 bits per heavy atom. The van der Waals surface area contributed by atoms with Gasteiger partial charge in [0.05, 0.1) is 11.1 Å². The molecule has 0 saturated carbocycles. The van der Waals surface area contributed by atoms with Gasteiger partial charge in [-0.2, -0.15) is 0 Å². The van der Waals surface area contributed by atoms with Crippen LogP contribution in [0.2, 0.25) is 0 Å². The number of nitrogens with zero attached hydrogens (tertiary/aromatic N) is 2. The van der Waals surface area contributed by atoms with Crippen LogP contribution in [0, 0.1) is 5.92 Å². The van der Waals surface area contributed by atoms with Crippen molar-refractivity contribution in [2.75, 3.05) is 5.75 Å². The molecule has 0 fully saturated rings. The molecule has 1 aliphatic carbocycles. The van der Waals surface area contributed by atoms with Crippen molar-refractivity contribution in [3.8, 4) is 0 Å². The normalized spacial score (nSPS) is 15.0. The van der Waals surface area contributed by atoms with Crippen LogP contribution in [0.15, 0.2) is 9.95 Å². The molecular weight excluding hydrogens is 390 g/mol. The number of hydrogen-bond acceptors (Lipinski definition) is 5. The van der Waals surface area contributed by atoms with E-state index < -0.39 is 0 Å². The number of aromatic nitrogens is 2. The number of nitrogens with one attached hydrogen (secondary N) is 1. The van der Waals surface area contributed by atoms with Crippen LogP contribution in [0.4, 0.5) is 0 Å². The summed E-state index contributed by atoms with van der Waals surface area (Å²) in [6.07, 6.45) is 6.21. The van der Waals surface area contributed by atoms with Crippen LogP contribution in [0.5, 0.6) is 0 Å². The van der Waals surface area contributed by atoms with Crippen molar-refractivity contribution in [2.45, 2.75) is 84.0 Å². The highest BCUT2D eigenvalue weighted by Gasteiger charge is 2.22. The molecule has 0 bridgehead atoms. The first-order valence-electron chi connectivity index (χ1n) is 10.4. The molecule has 0 spiro atoms. The number of thiophene rings is 1. The van der Waals surface area contributed by atoms with Crippen LogP contribution in [-0.2, 0) is 24.2 Å². The number of carbonyl (C=O) groups is 1. The van der Waals surface area contributed by atoms with Crippen LogP contribution in [0.3, 0.4) is 0 Å². The number of thioether (sulfide) groups is 1. The minimum absolute atomic E-state index is 0.00502. The van der Waals surface area contributed by atoms with Crippen molar-refractivity contribution in [3.63, 3.8) is 0 Å². The summed E-state index contributed by atoms with van der Waals surface area (Å²) in [6.45, 7) is 9.03. The zero-order valence-electron chi connectivity index (χ0n) is 17.3. The summed E-state index contributed by atoms with van der Waals surface area (Å²) in [5.41, 5.74) is 1.31. The second kappa shape index (κ2) is 9.44. The van der Waals surface area contributed by atoms with Crippen molar-refractivity contribution >= 4 is 39.2 Å². The molecule has 2 heterocycles. The van der Waals surface area contributed by atoms with Crippen molar-refractivity contribution in [3.05, 3.63) is 20.8 Å². The first-order chi connectivity index (χ1) is 13.4. The van der Waals surface area contributed by atoms with Gasteiger partial charge in [-0.3, -0.25) is 14.2 Å². The van der Waals surface area contributed by atoms with Gasteiger partial charge in [-0.15, -0.1) is 11.3 Å². The highest BCUT2D eigenvalue weighted by Crippen LogP contribution is 2.34. The Morgan fingerprint density at radius 2 is 2.04 bits per heavy atom. The molecule has 1 N–H and O–H groups in total. The molecule has 0 unspecified atom stereocenters. The van der Waals surface area contributed by atoms with Gasteiger partial charge in [0.25, 0.3) is 5.56 Å². The van der Waals surface area contributed by atoms with Gasteiger partial charge < -0.3 is 5.32 Å². The molecule has 7 heteroatoms. The number of aryl methyl sites for hydroxylation is 2. The van der Waals surface area contributed by atoms with Crippen LogP contribution < -0.4 is 10.9 Å². The zero-order chi connectivity index (χ0) is 20.3. The summed E-state index contributed by atoms with van der Waals surface area (Å²) in [5, 5.41) is 4.50. The van der Waals surface area contributed by atoms with E-state index in [0.29, 0.717) is 17.6 Å². The van der Waals surface area contributed by atoms with E-state index in [1.807, 2.05) is 11.5 Å². The lowest BCUT2D eigenvalue weighted by Gasteiger charge is -2.15. The number of amides is 1. The maximum atomic E-state index is 13.4. The van der Waals surface area contributed by atoms with E-state index >= 15 is 0 Å². The van der Waals surface area contributed by atoms with Gasteiger partial charge in [0, 0.05) is 17.5 Å². The molecule has 3 rings (SSSR count). The second-order valence-corrected chi connectivity index (χ2v) is 10.1. The number of carbonyl (C=O) groups excluding carboxylic acids is 1. The molecule has 1 atom stereocenters.